The van der Waals surface area contributed by atoms with Crippen LogP contribution in [0.2, 0.25) is 0 Å². The van der Waals surface area contributed by atoms with E-state index in [1.165, 1.54) is 6.07 Å². The number of pyridine rings is 1. The molecule has 0 radical (unpaired) electrons. The number of anilines is 1. The van der Waals surface area contributed by atoms with E-state index in [4.69, 9.17) is 9.52 Å². The van der Waals surface area contributed by atoms with Crippen LogP contribution in [0.25, 0.3) is 0 Å². The Kier molecular flexibility index (Phi) is 5.05. The summed E-state index contributed by atoms with van der Waals surface area (Å²) in [4.78, 5) is 51.1. The Morgan fingerprint density at radius 2 is 1.90 bits per heavy atom. The number of furan rings is 1. The predicted molar refractivity (Wildman–Crippen MR) is 107 cm³/mol. The molecule has 0 saturated heterocycles. The minimum absolute atomic E-state index is 0.125. The van der Waals surface area contributed by atoms with E-state index in [1.807, 2.05) is 0 Å². The van der Waals surface area contributed by atoms with Crippen molar-refractivity contribution in [2.45, 2.75) is 25.2 Å². The number of benzene rings is 1. The highest BCUT2D eigenvalue weighted by Gasteiger charge is 2.30. The predicted octanol–water partition coefficient (Wildman–Crippen LogP) is 2.76. The van der Waals surface area contributed by atoms with Gasteiger partial charge in [-0.05, 0) is 42.3 Å². The molecule has 0 aliphatic heterocycles. The van der Waals surface area contributed by atoms with Gasteiger partial charge in [0.05, 0.1) is 12.7 Å². The van der Waals surface area contributed by atoms with E-state index in [0.29, 0.717) is 34.7 Å². The molecule has 1 aromatic carbocycles. The number of amides is 1. The summed E-state index contributed by atoms with van der Waals surface area (Å²) in [5, 5.41) is 11.4. The Labute approximate surface area is 170 Å². The molecule has 1 atom stereocenters. The van der Waals surface area contributed by atoms with Crippen LogP contribution in [0.15, 0.2) is 57.9 Å². The first-order chi connectivity index (χ1) is 14.4. The average molecular weight is 406 g/mol. The lowest BCUT2D eigenvalue weighted by atomic mass is 9.84. The number of carbonyl (C=O) groups excluding carboxylic acids is 2. The smallest absolute Gasteiger partial charge is 0.307 e. The number of hydrogen-bond acceptors (Lipinski definition) is 5. The second-order valence-corrected chi connectivity index (χ2v) is 7.17. The van der Waals surface area contributed by atoms with Crippen molar-refractivity contribution < 1.29 is 23.9 Å². The first kappa shape index (κ1) is 19.4. The Morgan fingerprint density at radius 1 is 1.13 bits per heavy atom. The van der Waals surface area contributed by atoms with Crippen LogP contribution in [0.4, 0.5) is 5.69 Å². The molecule has 2 heterocycles. The zero-order valence-electron chi connectivity index (χ0n) is 15.8. The molecule has 0 unspecified atom stereocenters. The topological polar surface area (TPSA) is 129 Å². The standard InChI is InChI=1S/C22H18N2O6/c25-18-10-13(19-2-1-7-30-19)9-17-15(18)11-16(22(29)24-17)21(28)23-14-5-3-12(4-6-14)8-20(26)27/h1-7,11,13H,8-10H2,(H,23,28)(H,24,29)(H,26,27)/t13-/m1/s1. The fourth-order valence-corrected chi connectivity index (χ4v) is 3.60. The fraction of sp³-hybridized carbons (Fsp3) is 0.182. The first-order valence-electron chi connectivity index (χ1n) is 9.35. The molecule has 2 aromatic heterocycles. The van der Waals surface area contributed by atoms with Crippen LogP contribution in [-0.2, 0) is 17.6 Å². The highest BCUT2D eigenvalue weighted by atomic mass is 16.4. The lowest BCUT2D eigenvalue weighted by Crippen LogP contribution is -2.29. The molecular formula is C22H18N2O6. The fourth-order valence-electron chi connectivity index (χ4n) is 3.60. The number of fused-ring (bicyclic) bond motifs is 1. The molecule has 1 amide bonds. The second kappa shape index (κ2) is 7.82. The lowest BCUT2D eigenvalue weighted by molar-refractivity contribution is -0.136. The Morgan fingerprint density at radius 3 is 2.57 bits per heavy atom. The largest absolute Gasteiger partial charge is 0.481 e. The van der Waals surface area contributed by atoms with Crippen molar-refractivity contribution >= 4 is 23.3 Å². The zero-order valence-corrected chi connectivity index (χ0v) is 15.8. The molecule has 0 fully saturated rings. The molecule has 0 saturated carbocycles. The molecule has 8 nitrogen and oxygen atoms in total. The third-order valence-corrected chi connectivity index (χ3v) is 5.06. The van der Waals surface area contributed by atoms with Crippen molar-refractivity contribution in [3.05, 3.63) is 87.2 Å². The van der Waals surface area contributed by atoms with E-state index in [9.17, 15) is 19.2 Å². The van der Waals surface area contributed by atoms with Gasteiger partial charge in [-0.2, -0.15) is 0 Å². The van der Waals surface area contributed by atoms with E-state index >= 15 is 0 Å². The van der Waals surface area contributed by atoms with Crippen LogP contribution >= 0.6 is 0 Å². The molecule has 0 bridgehead atoms. The van der Waals surface area contributed by atoms with Gasteiger partial charge in [0.1, 0.15) is 11.3 Å². The van der Waals surface area contributed by atoms with Crippen LogP contribution in [0.5, 0.6) is 0 Å². The van der Waals surface area contributed by atoms with Gasteiger partial charge in [0.15, 0.2) is 5.78 Å². The van der Waals surface area contributed by atoms with Crippen molar-refractivity contribution in [1.82, 2.24) is 4.98 Å². The SMILES string of the molecule is O=C(O)Cc1ccc(NC(=O)c2cc3c([nH]c2=O)C[C@@H](c2ccco2)CC3=O)cc1. The summed E-state index contributed by atoms with van der Waals surface area (Å²) < 4.78 is 5.38. The van der Waals surface area contributed by atoms with Crippen LogP contribution in [-0.4, -0.2) is 27.8 Å². The number of carbonyl (C=O) groups is 3. The number of Topliss-reactive ketones (excluding diaryl/α,β-unsaturated/α-hetero) is 1. The van der Waals surface area contributed by atoms with Crippen LogP contribution in [0.3, 0.4) is 0 Å². The van der Waals surface area contributed by atoms with E-state index in [0.717, 1.165) is 0 Å². The zero-order chi connectivity index (χ0) is 21.3. The normalized spacial score (nSPS) is 15.5. The summed E-state index contributed by atoms with van der Waals surface area (Å²) in [6, 6.07) is 11.2. The summed E-state index contributed by atoms with van der Waals surface area (Å²) in [6.07, 6.45) is 2.09. The molecule has 4 rings (SSSR count). The number of aromatic amines is 1. The average Bonchev–Trinajstić information content (AvgIpc) is 3.23. The van der Waals surface area contributed by atoms with Gasteiger partial charge in [-0.25, -0.2) is 0 Å². The molecule has 1 aliphatic rings. The van der Waals surface area contributed by atoms with Crippen LogP contribution in [0.1, 0.15) is 50.1 Å². The minimum atomic E-state index is -0.952. The maximum absolute atomic E-state index is 12.6. The van der Waals surface area contributed by atoms with Crippen molar-refractivity contribution in [2.24, 2.45) is 0 Å². The number of carboxylic acid groups (broad SMARTS) is 1. The van der Waals surface area contributed by atoms with E-state index in [-0.39, 0.29) is 30.1 Å². The van der Waals surface area contributed by atoms with Gasteiger partial charge in [-0.15, -0.1) is 0 Å². The quantitative estimate of drug-likeness (QED) is 0.597. The molecule has 3 aromatic rings. The maximum atomic E-state index is 12.6. The number of hydrogen-bond donors (Lipinski definition) is 3. The lowest BCUT2D eigenvalue weighted by Gasteiger charge is -2.22. The number of carboxylic acids is 1. The van der Waals surface area contributed by atoms with Gasteiger partial charge in [0.25, 0.3) is 11.5 Å². The monoisotopic (exact) mass is 406 g/mol. The van der Waals surface area contributed by atoms with Gasteiger partial charge < -0.3 is 19.8 Å². The second-order valence-electron chi connectivity index (χ2n) is 7.17. The summed E-state index contributed by atoms with van der Waals surface area (Å²) in [6.45, 7) is 0. The molecular weight excluding hydrogens is 388 g/mol. The highest BCUT2D eigenvalue weighted by Crippen LogP contribution is 2.31. The molecule has 0 spiro atoms. The van der Waals surface area contributed by atoms with Crippen molar-refractivity contribution in [1.29, 1.82) is 0 Å². The Balaban J connectivity index is 1.55. The highest BCUT2D eigenvalue weighted by molar-refractivity contribution is 6.06. The van der Waals surface area contributed by atoms with Gasteiger partial charge >= 0.3 is 5.97 Å². The third kappa shape index (κ3) is 3.93. The van der Waals surface area contributed by atoms with E-state index in [2.05, 4.69) is 10.3 Å². The first-order valence-corrected chi connectivity index (χ1v) is 9.35. The molecule has 1 aliphatic carbocycles. The molecule has 30 heavy (non-hydrogen) atoms. The summed E-state index contributed by atoms with van der Waals surface area (Å²) in [5.41, 5.74) is 1.08. The number of ketones is 1. The molecule has 3 N–H and O–H groups in total. The van der Waals surface area contributed by atoms with Crippen molar-refractivity contribution in [2.75, 3.05) is 5.32 Å². The number of H-pyrrole nitrogens is 1. The number of rotatable bonds is 5. The summed E-state index contributed by atoms with van der Waals surface area (Å²) in [7, 11) is 0. The summed E-state index contributed by atoms with van der Waals surface area (Å²) >= 11 is 0. The van der Waals surface area contributed by atoms with Crippen molar-refractivity contribution in [3.63, 3.8) is 0 Å². The number of nitrogens with one attached hydrogen (secondary N) is 2. The van der Waals surface area contributed by atoms with Gasteiger partial charge in [-0.3, -0.25) is 19.2 Å². The van der Waals surface area contributed by atoms with Gasteiger partial charge in [0.2, 0.25) is 0 Å². The minimum Gasteiger partial charge on any atom is -0.481 e. The molecule has 8 heteroatoms. The number of aliphatic carboxylic acids is 1. The van der Waals surface area contributed by atoms with Gasteiger partial charge in [-0.1, -0.05) is 12.1 Å². The van der Waals surface area contributed by atoms with E-state index in [1.54, 1.807) is 42.7 Å². The molecule has 152 valence electrons. The van der Waals surface area contributed by atoms with E-state index < -0.39 is 17.4 Å². The third-order valence-electron chi connectivity index (χ3n) is 5.06. The van der Waals surface area contributed by atoms with Crippen molar-refractivity contribution in [3.8, 4) is 0 Å². The Bertz CT molecular complexity index is 1180. The van der Waals surface area contributed by atoms with Crippen LogP contribution < -0.4 is 10.9 Å². The van der Waals surface area contributed by atoms with Gasteiger partial charge in [0, 0.05) is 29.3 Å². The summed E-state index contributed by atoms with van der Waals surface area (Å²) in [5.74, 6) is -1.24. The number of aromatic nitrogens is 1. The van der Waals surface area contributed by atoms with Crippen LogP contribution in [0, 0.1) is 0 Å². The Hall–Kier alpha value is -3.94. The maximum Gasteiger partial charge on any atom is 0.307 e.